The number of rotatable bonds is 2. The van der Waals surface area contributed by atoms with Crippen molar-refractivity contribution in [2.45, 2.75) is 38.5 Å². The second kappa shape index (κ2) is 5.64. The highest BCUT2D eigenvalue weighted by Crippen LogP contribution is 2.34. The predicted octanol–water partition coefficient (Wildman–Crippen LogP) is 3.50. The zero-order valence-corrected chi connectivity index (χ0v) is 14.8. The van der Waals surface area contributed by atoms with E-state index in [0.717, 1.165) is 30.0 Å². The fourth-order valence-electron chi connectivity index (χ4n) is 3.20. The maximum absolute atomic E-state index is 5.96. The van der Waals surface area contributed by atoms with Crippen molar-refractivity contribution in [3.05, 3.63) is 39.6 Å². The van der Waals surface area contributed by atoms with Crippen LogP contribution in [-0.4, -0.2) is 28.4 Å². The largest absolute Gasteiger partial charge is 0.357 e. The zero-order chi connectivity index (χ0) is 16.0. The number of fused-ring (bicyclic) bond motifs is 1. The summed E-state index contributed by atoms with van der Waals surface area (Å²) < 4.78 is 0. The Balaban J connectivity index is 1.54. The molecule has 2 aliphatic heterocycles. The third kappa shape index (κ3) is 3.04. The minimum Gasteiger partial charge on any atom is -0.357 e. The van der Waals surface area contributed by atoms with E-state index in [-0.39, 0.29) is 5.37 Å². The van der Waals surface area contributed by atoms with E-state index in [1.165, 1.54) is 17.7 Å². The van der Waals surface area contributed by atoms with Crippen LogP contribution in [0.2, 0.25) is 0 Å². The van der Waals surface area contributed by atoms with Gasteiger partial charge in [0.25, 0.3) is 0 Å². The second-order valence-electron chi connectivity index (χ2n) is 7.03. The summed E-state index contributed by atoms with van der Waals surface area (Å²) in [5, 5.41) is 5.75. The summed E-state index contributed by atoms with van der Waals surface area (Å²) in [5.41, 5.74) is 5.08. The molecule has 1 unspecified atom stereocenters. The minimum atomic E-state index is 0.0337. The second-order valence-corrected chi connectivity index (χ2v) is 8.42. The van der Waals surface area contributed by atoms with Crippen molar-refractivity contribution in [3.8, 4) is 0 Å². The number of nitrogens with zero attached hydrogens (tertiary/aromatic N) is 3. The molecule has 0 bridgehead atoms. The number of hydrogen-bond acceptors (Lipinski definition) is 5. The maximum Gasteiger partial charge on any atom is 0.157 e. The molecule has 120 valence electrons. The standard InChI is InChI=1S/C17H19ClN4S/c1-17(2)4-3-10-5-11(7-19-12(10)6-17)13-8-20-15(21-13)16-22-14(18)9-23-16/h5,7,9,16,22H,3-4,6,8H2,1-2H3. The molecule has 4 nitrogen and oxygen atoms in total. The Kier molecular flexibility index (Phi) is 3.73. The van der Waals surface area contributed by atoms with Gasteiger partial charge in [0.2, 0.25) is 0 Å². The Morgan fingerprint density at radius 2 is 2.26 bits per heavy atom. The molecule has 0 fully saturated rings. The molecule has 6 heteroatoms. The molecular formula is C17H19ClN4S. The topological polar surface area (TPSA) is 49.6 Å². The van der Waals surface area contributed by atoms with Gasteiger partial charge in [-0.05, 0) is 36.3 Å². The van der Waals surface area contributed by atoms with Crippen molar-refractivity contribution < 1.29 is 0 Å². The maximum atomic E-state index is 5.96. The Morgan fingerprint density at radius 1 is 1.39 bits per heavy atom. The van der Waals surface area contributed by atoms with E-state index in [2.05, 4.69) is 30.2 Å². The first-order chi connectivity index (χ1) is 11.0. The van der Waals surface area contributed by atoms with Gasteiger partial charge in [-0.25, -0.2) is 4.99 Å². The third-order valence-corrected chi connectivity index (χ3v) is 5.88. The third-order valence-electron chi connectivity index (χ3n) is 4.56. The van der Waals surface area contributed by atoms with Crippen LogP contribution in [0.4, 0.5) is 0 Å². The SMILES string of the molecule is CC1(C)CCc2cc(C3=NC(C4NC(Cl)=CS4)=NC3)cnc2C1. The van der Waals surface area contributed by atoms with Gasteiger partial charge in [0, 0.05) is 22.9 Å². The monoisotopic (exact) mass is 346 g/mol. The van der Waals surface area contributed by atoms with E-state index in [0.29, 0.717) is 17.1 Å². The number of thioether (sulfide) groups is 1. The van der Waals surface area contributed by atoms with Crippen molar-refractivity contribution in [2.75, 3.05) is 6.54 Å². The number of nitrogens with one attached hydrogen (secondary N) is 1. The van der Waals surface area contributed by atoms with E-state index in [1.807, 2.05) is 11.6 Å². The van der Waals surface area contributed by atoms with Gasteiger partial charge < -0.3 is 5.32 Å². The number of amidine groups is 1. The molecule has 23 heavy (non-hydrogen) atoms. The summed E-state index contributed by atoms with van der Waals surface area (Å²) in [4.78, 5) is 14.0. The lowest BCUT2D eigenvalue weighted by Gasteiger charge is -2.30. The highest BCUT2D eigenvalue weighted by molar-refractivity contribution is 8.03. The molecule has 1 atom stereocenters. The van der Waals surface area contributed by atoms with Crippen molar-refractivity contribution in [1.82, 2.24) is 10.3 Å². The van der Waals surface area contributed by atoms with Gasteiger partial charge in [-0.15, -0.1) is 0 Å². The highest BCUT2D eigenvalue weighted by atomic mass is 35.5. The fourth-order valence-corrected chi connectivity index (χ4v) is 4.29. The average Bonchev–Trinajstić information content (AvgIpc) is 3.14. The Bertz CT molecular complexity index is 751. The molecule has 0 spiro atoms. The lowest BCUT2D eigenvalue weighted by molar-refractivity contribution is 0.310. The molecule has 0 saturated heterocycles. The van der Waals surface area contributed by atoms with Crippen molar-refractivity contribution >= 4 is 34.9 Å². The molecule has 0 amide bonds. The zero-order valence-electron chi connectivity index (χ0n) is 13.3. The molecule has 1 aromatic heterocycles. The van der Waals surface area contributed by atoms with Crippen LogP contribution >= 0.6 is 23.4 Å². The molecule has 3 heterocycles. The lowest BCUT2D eigenvalue weighted by Crippen LogP contribution is -2.26. The smallest absolute Gasteiger partial charge is 0.157 e. The molecular weight excluding hydrogens is 328 g/mol. The van der Waals surface area contributed by atoms with E-state index in [9.17, 15) is 0 Å². The number of aromatic nitrogens is 1. The van der Waals surface area contributed by atoms with E-state index in [4.69, 9.17) is 21.6 Å². The van der Waals surface area contributed by atoms with Crippen LogP contribution in [0.5, 0.6) is 0 Å². The van der Waals surface area contributed by atoms with Crippen LogP contribution in [-0.2, 0) is 12.8 Å². The summed E-state index contributed by atoms with van der Waals surface area (Å²) in [6.45, 7) is 5.26. The van der Waals surface area contributed by atoms with E-state index in [1.54, 1.807) is 11.8 Å². The van der Waals surface area contributed by atoms with Gasteiger partial charge in [-0.2, -0.15) is 0 Å². The van der Waals surface area contributed by atoms with Crippen LogP contribution in [0.3, 0.4) is 0 Å². The summed E-state index contributed by atoms with van der Waals surface area (Å²) in [5.74, 6) is 0.816. The number of aryl methyl sites for hydroxylation is 1. The van der Waals surface area contributed by atoms with Crippen molar-refractivity contribution in [1.29, 1.82) is 0 Å². The van der Waals surface area contributed by atoms with E-state index < -0.39 is 0 Å². The number of hydrogen-bond donors (Lipinski definition) is 1. The van der Waals surface area contributed by atoms with Gasteiger partial charge in [0.05, 0.1) is 12.3 Å². The van der Waals surface area contributed by atoms with Crippen molar-refractivity contribution in [2.24, 2.45) is 15.4 Å². The Morgan fingerprint density at radius 3 is 3.04 bits per heavy atom. The summed E-state index contributed by atoms with van der Waals surface area (Å²) in [6.07, 6.45) is 5.33. The number of pyridine rings is 1. The van der Waals surface area contributed by atoms with Crippen LogP contribution in [0.15, 0.2) is 32.8 Å². The van der Waals surface area contributed by atoms with Crippen LogP contribution < -0.4 is 5.32 Å². The minimum absolute atomic E-state index is 0.0337. The normalized spacial score (nSPS) is 25.3. The van der Waals surface area contributed by atoms with Crippen molar-refractivity contribution in [3.63, 3.8) is 0 Å². The molecule has 1 aromatic rings. The van der Waals surface area contributed by atoms with Gasteiger partial charge >= 0.3 is 0 Å². The summed E-state index contributed by atoms with van der Waals surface area (Å²) in [6, 6.07) is 2.26. The first-order valence-corrected chi connectivity index (χ1v) is 9.20. The summed E-state index contributed by atoms with van der Waals surface area (Å²) >= 11 is 7.57. The van der Waals surface area contributed by atoms with E-state index >= 15 is 0 Å². The molecule has 4 rings (SSSR count). The first kappa shape index (κ1) is 15.2. The Hall–Kier alpha value is -1.33. The predicted molar refractivity (Wildman–Crippen MR) is 97.3 cm³/mol. The molecule has 1 aliphatic carbocycles. The van der Waals surface area contributed by atoms with Gasteiger partial charge in [0.1, 0.15) is 10.5 Å². The fraction of sp³-hybridized carbons (Fsp3) is 0.471. The Labute approximate surface area is 145 Å². The highest BCUT2D eigenvalue weighted by Gasteiger charge is 2.28. The summed E-state index contributed by atoms with van der Waals surface area (Å²) in [7, 11) is 0. The number of halogens is 1. The van der Waals surface area contributed by atoms with Gasteiger partial charge in [-0.1, -0.05) is 37.2 Å². The molecule has 0 aromatic carbocycles. The average molecular weight is 347 g/mol. The lowest BCUT2D eigenvalue weighted by atomic mass is 9.76. The van der Waals surface area contributed by atoms with Gasteiger partial charge in [0.15, 0.2) is 5.84 Å². The molecule has 0 radical (unpaired) electrons. The van der Waals surface area contributed by atoms with Crippen LogP contribution in [0.25, 0.3) is 0 Å². The number of aliphatic imine (C=N–C) groups is 2. The van der Waals surface area contributed by atoms with Gasteiger partial charge in [-0.3, -0.25) is 9.98 Å². The van der Waals surface area contributed by atoms with Crippen LogP contribution in [0, 0.1) is 5.41 Å². The first-order valence-electron chi connectivity index (χ1n) is 7.88. The molecule has 1 N–H and O–H groups in total. The van der Waals surface area contributed by atoms with Crippen LogP contribution in [0.1, 0.15) is 37.1 Å². The molecule has 0 saturated carbocycles. The quantitative estimate of drug-likeness (QED) is 0.834. The molecule has 3 aliphatic rings.